The lowest BCUT2D eigenvalue weighted by Crippen LogP contribution is -2.47. The van der Waals surface area contributed by atoms with Crippen LogP contribution in [0.25, 0.3) is 0 Å². The maximum Gasteiger partial charge on any atom is 0.0153 e. The Morgan fingerprint density at radius 3 is 1.86 bits per heavy atom. The minimum Gasteiger partial charge on any atom is -0.311 e. The molecule has 0 unspecified atom stereocenters. The van der Waals surface area contributed by atoms with E-state index in [4.69, 9.17) is 0 Å². The molecule has 1 saturated carbocycles. The fraction of sp³-hybridized carbons (Fsp3) is 1.00. The number of hydrogen-bond donors (Lipinski definition) is 2. The SMILES string of the molecule is CC(C)(C)NCCNC(C)(C)C1CC1. The van der Waals surface area contributed by atoms with Gasteiger partial charge in [0.05, 0.1) is 0 Å². The molecule has 2 heteroatoms. The zero-order valence-electron chi connectivity index (χ0n) is 10.4. The third kappa shape index (κ3) is 4.43. The lowest BCUT2D eigenvalue weighted by atomic mass is 9.99. The molecule has 0 spiro atoms. The Labute approximate surface area is 88.8 Å². The lowest BCUT2D eigenvalue weighted by Gasteiger charge is -2.28. The van der Waals surface area contributed by atoms with Crippen molar-refractivity contribution in [1.29, 1.82) is 0 Å². The highest BCUT2D eigenvalue weighted by molar-refractivity contribution is 4.94. The van der Waals surface area contributed by atoms with Crippen molar-refractivity contribution in [3.05, 3.63) is 0 Å². The van der Waals surface area contributed by atoms with Crippen molar-refractivity contribution in [2.75, 3.05) is 13.1 Å². The van der Waals surface area contributed by atoms with Gasteiger partial charge >= 0.3 is 0 Å². The Balaban J connectivity index is 2.09. The van der Waals surface area contributed by atoms with Gasteiger partial charge in [0.25, 0.3) is 0 Å². The molecule has 14 heavy (non-hydrogen) atoms. The first-order chi connectivity index (χ1) is 6.31. The molecule has 1 aliphatic carbocycles. The topological polar surface area (TPSA) is 24.1 Å². The summed E-state index contributed by atoms with van der Waals surface area (Å²) in [5.41, 5.74) is 0.588. The average molecular weight is 198 g/mol. The van der Waals surface area contributed by atoms with Crippen LogP contribution in [0.15, 0.2) is 0 Å². The standard InChI is InChI=1S/C12H26N2/c1-11(2,3)13-8-9-14-12(4,5)10-6-7-10/h10,13-14H,6-9H2,1-5H3. The normalized spacial score (nSPS) is 18.6. The van der Waals surface area contributed by atoms with E-state index in [1.54, 1.807) is 0 Å². The van der Waals surface area contributed by atoms with Crippen LogP contribution in [-0.2, 0) is 0 Å². The predicted molar refractivity (Wildman–Crippen MR) is 62.6 cm³/mol. The second-order valence-corrected chi connectivity index (χ2v) is 6.10. The van der Waals surface area contributed by atoms with Crippen LogP contribution in [0, 0.1) is 5.92 Å². The fourth-order valence-electron chi connectivity index (χ4n) is 1.77. The van der Waals surface area contributed by atoms with Crippen LogP contribution in [0.2, 0.25) is 0 Å². The molecule has 2 N–H and O–H groups in total. The highest BCUT2D eigenvalue weighted by Crippen LogP contribution is 2.38. The molecule has 0 amide bonds. The van der Waals surface area contributed by atoms with Crippen molar-refractivity contribution in [3.8, 4) is 0 Å². The van der Waals surface area contributed by atoms with E-state index < -0.39 is 0 Å². The molecule has 0 saturated heterocycles. The summed E-state index contributed by atoms with van der Waals surface area (Å²) in [6.07, 6.45) is 2.82. The van der Waals surface area contributed by atoms with E-state index in [2.05, 4.69) is 45.3 Å². The summed E-state index contributed by atoms with van der Waals surface area (Å²) < 4.78 is 0. The maximum atomic E-state index is 3.63. The molecule has 1 rings (SSSR count). The van der Waals surface area contributed by atoms with E-state index in [-0.39, 0.29) is 5.54 Å². The third-order valence-electron chi connectivity index (χ3n) is 2.96. The molecule has 1 aliphatic rings. The summed E-state index contributed by atoms with van der Waals surface area (Å²) in [6, 6.07) is 0. The minimum absolute atomic E-state index is 0.241. The van der Waals surface area contributed by atoms with Gasteiger partial charge in [0.2, 0.25) is 0 Å². The zero-order chi connectivity index (χ0) is 10.8. The van der Waals surface area contributed by atoms with E-state index in [1.807, 2.05) is 0 Å². The first-order valence-electron chi connectivity index (χ1n) is 5.81. The van der Waals surface area contributed by atoms with Crippen molar-refractivity contribution >= 4 is 0 Å². The molecular formula is C12H26N2. The van der Waals surface area contributed by atoms with Gasteiger partial charge in [0.1, 0.15) is 0 Å². The Kier molecular flexibility index (Phi) is 3.59. The van der Waals surface area contributed by atoms with Crippen molar-refractivity contribution < 1.29 is 0 Å². The minimum atomic E-state index is 0.241. The van der Waals surface area contributed by atoms with Gasteiger partial charge in [-0.3, -0.25) is 0 Å². The molecule has 0 aromatic carbocycles. The maximum absolute atomic E-state index is 3.63. The predicted octanol–water partition coefficient (Wildman–Crippen LogP) is 2.15. The Morgan fingerprint density at radius 2 is 1.43 bits per heavy atom. The van der Waals surface area contributed by atoms with Gasteiger partial charge in [-0.15, -0.1) is 0 Å². The molecule has 0 aromatic heterocycles. The Bertz CT molecular complexity index is 175. The van der Waals surface area contributed by atoms with E-state index in [9.17, 15) is 0 Å². The molecule has 0 aromatic rings. The first-order valence-corrected chi connectivity index (χ1v) is 5.81. The van der Waals surface area contributed by atoms with Crippen LogP contribution in [0.1, 0.15) is 47.5 Å². The number of hydrogen-bond acceptors (Lipinski definition) is 2. The van der Waals surface area contributed by atoms with Gasteiger partial charge in [-0.25, -0.2) is 0 Å². The van der Waals surface area contributed by atoms with Gasteiger partial charge in [0, 0.05) is 24.2 Å². The van der Waals surface area contributed by atoms with Gasteiger partial charge in [-0.1, -0.05) is 0 Å². The molecule has 0 radical (unpaired) electrons. The molecule has 0 aliphatic heterocycles. The molecule has 84 valence electrons. The summed E-state index contributed by atoms with van der Waals surface area (Å²) in [5, 5.41) is 7.12. The van der Waals surface area contributed by atoms with Crippen LogP contribution in [-0.4, -0.2) is 24.2 Å². The smallest absolute Gasteiger partial charge is 0.0153 e. The Morgan fingerprint density at radius 1 is 0.929 bits per heavy atom. The van der Waals surface area contributed by atoms with Gasteiger partial charge in [0.15, 0.2) is 0 Å². The van der Waals surface area contributed by atoms with Crippen LogP contribution in [0.3, 0.4) is 0 Å². The number of nitrogens with one attached hydrogen (secondary N) is 2. The van der Waals surface area contributed by atoms with E-state index in [1.165, 1.54) is 12.8 Å². The van der Waals surface area contributed by atoms with Gasteiger partial charge in [-0.05, 0) is 53.4 Å². The van der Waals surface area contributed by atoms with E-state index in [0.29, 0.717) is 5.54 Å². The summed E-state index contributed by atoms with van der Waals surface area (Å²) in [7, 11) is 0. The summed E-state index contributed by atoms with van der Waals surface area (Å²) in [5.74, 6) is 0.914. The lowest BCUT2D eigenvalue weighted by molar-refractivity contribution is 0.328. The largest absolute Gasteiger partial charge is 0.311 e. The van der Waals surface area contributed by atoms with E-state index >= 15 is 0 Å². The summed E-state index contributed by atoms with van der Waals surface area (Å²) in [4.78, 5) is 0. The monoisotopic (exact) mass is 198 g/mol. The van der Waals surface area contributed by atoms with Crippen molar-refractivity contribution in [1.82, 2.24) is 10.6 Å². The zero-order valence-corrected chi connectivity index (χ0v) is 10.4. The highest BCUT2D eigenvalue weighted by Gasteiger charge is 2.36. The first kappa shape index (κ1) is 12.0. The van der Waals surface area contributed by atoms with Crippen LogP contribution >= 0.6 is 0 Å². The van der Waals surface area contributed by atoms with Crippen LogP contribution in [0.5, 0.6) is 0 Å². The molecule has 1 fully saturated rings. The number of rotatable bonds is 5. The van der Waals surface area contributed by atoms with Gasteiger partial charge in [-0.2, -0.15) is 0 Å². The molecular weight excluding hydrogens is 172 g/mol. The quantitative estimate of drug-likeness (QED) is 0.662. The fourth-order valence-corrected chi connectivity index (χ4v) is 1.77. The third-order valence-corrected chi connectivity index (χ3v) is 2.96. The van der Waals surface area contributed by atoms with Crippen molar-refractivity contribution in [3.63, 3.8) is 0 Å². The molecule has 0 heterocycles. The Hall–Kier alpha value is -0.0800. The molecule has 2 nitrogen and oxygen atoms in total. The second-order valence-electron chi connectivity index (χ2n) is 6.10. The van der Waals surface area contributed by atoms with Crippen LogP contribution < -0.4 is 10.6 Å². The highest BCUT2D eigenvalue weighted by atomic mass is 15.0. The van der Waals surface area contributed by atoms with Crippen LogP contribution in [0.4, 0.5) is 0 Å². The summed E-state index contributed by atoms with van der Waals surface area (Å²) in [6.45, 7) is 13.4. The molecule has 0 bridgehead atoms. The van der Waals surface area contributed by atoms with E-state index in [0.717, 1.165) is 19.0 Å². The molecule has 0 atom stereocenters. The van der Waals surface area contributed by atoms with Crippen molar-refractivity contribution in [2.45, 2.75) is 58.5 Å². The van der Waals surface area contributed by atoms with Crippen molar-refractivity contribution in [2.24, 2.45) is 5.92 Å². The summed E-state index contributed by atoms with van der Waals surface area (Å²) >= 11 is 0. The van der Waals surface area contributed by atoms with Gasteiger partial charge < -0.3 is 10.6 Å². The second kappa shape index (κ2) is 4.19. The average Bonchev–Trinajstić information content (AvgIpc) is 2.78.